The van der Waals surface area contributed by atoms with E-state index in [1.807, 2.05) is 57.0 Å². The summed E-state index contributed by atoms with van der Waals surface area (Å²) < 4.78 is 10.2. The summed E-state index contributed by atoms with van der Waals surface area (Å²) in [6, 6.07) is 9.78. The van der Waals surface area contributed by atoms with Crippen molar-refractivity contribution in [3.8, 4) is 17.0 Å². The fourth-order valence-corrected chi connectivity index (χ4v) is 4.74. The zero-order chi connectivity index (χ0) is 24.5. The Morgan fingerprint density at radius 3 is 2.49 bits per heavy atom. The topological polar surface area (TPSA) is 90.1 Å². The fourth-order valence-electron chi connectivity index (χ4n) is 4.74. The predicted octanol–water partition coefficient (Wildman–Crippen LogP) is 4.14. The van der Waals surface area contributed by atoms with E-state index in [4.69, 9.17) is 9.84 Å². The van der Waals surface area contributed by atoms with Crippen molar-refractivity contribution in [3.63, 3.8) is 0 Å². The molecule has 0 unspecified atom stereocenters. The number of hydrogen-bond acceptors (Lipinski definition) is 6. The molecule has 0 bridgehead atoms. The molecular formula is C26H31N7O2. The predicted molar refractivity (Wildman–Crippen MR) is 136 cm³/mol. The van der Waals surface area contributed by atoms with Crippen LogP contribution in [0.2, 0.25) is 0 Å². The van der Waals surface area contributed by atoms with Crippen LogP contribution in [0.3, 0.4) is 0 Å². The van der Waals surface area contributed by atoms with E-state index in [-0.39, 0.29) is 18.1 Å². The number of pyridine rings is 1. The molecule has 35 heavy (non-hydrogen) atoms. The molecule has 9 nitrogen and oxygen atoms in total. The lowest BCUT2D eigenvalue weighted by Gasteiger charge is -2.29. The summed E-state index contributed by atoms with van der Waals surface area (Å²) >= 11 is 0. The standard InChI is InChI=1S/C26H31N7O2/c1-27-24-13-23-22(15-28-24)25(18-14-29-32(4)16-18)30-33(23)19-7-11-21(12-8-19)35-20-9-5-17(6-10-20)26(34)31(2)3/h5-6,9-10,13-16,19,21H,7-8,11-12H2,1-4H3,(H,27,28). The summed E-state index contributed by atoms with van der Waals surface area (Å²) in [5.41, 5.74) is 3.64. The van der Waals surface area contributed by atoms with Crippen LogP contribution in [0.4, 0.5) is 5.82 Å². The number of anilines is 1. The second-order valence-corrected chi connectivity index (χ2v) is 9.30. The van der Waals surface area contributed by atoms with Gasteiger partial charge in [-0.1, -0.05) is 0 Å². The van der Waals surface area contributed by atoms with Gasteiger partial charge in [0, 0.05) is 63.2 Å². The maximum atomic E-state index is 12.1. The van der Waals surface area contributed by atoms with Crippen LogP contribution >= 0.6 is 0 Å². The van der Waals surface area contributed by atoms with Gasteiger partial charge in [0.15, 0.2) is 0 Å². The number of ether oxygens (including phenoxy) is 1. The van der Waals surface area contributed by atoms with Gasteiger partial charge in [-0.25, -0.2) is 4.98 Å². The lowest BCUT2D eigenvalue weighted by atomic mass is 9.93. The third kappa shape index (κ3) is 4.58. The molecule has 4 aromatic rings. The monoisotopic (exact) mass is 473 g/mol. The third-order valence-corrected chi connectivity index (χ3v) is 6.63. The van der Waals surface area contributed by atoms with Gasteiger partial charge in [-0.15, -0.1) is 0 Å². The number of nitrogens with zero attached hydrogens (tertiary/aromatic N) is 6. The molecule has 0 atom stereocenters. The van der Waals surface area contributed by atoms with Crippen LogP contribution < -0.4 is 10.1 Å². The highest BCUT2D eigenvalue weighted by molar-refractivity contribution is 5.94. The maximum Gasteiger partial charge on any atom is 0.253 e. The van der Waals surface area contributed by atoms with Crippen LogP contribution in [-0.4, -0.2) is 62.6 Å². The van der Waals surface area contributed by atoms with Gasteiger partial charge in [0.1, 0.15) is 17.3 Å². The molecule has 0 aliphatic heterocycles. The zero-order valence-electron chi connectivity index (χ0n) is 20.6. The first-order valence-corrected chi connectivity index (χ1v) is 12.0. The van der Waals surface area contributed by atoms with Crippen LogP contribution in [-0.2, 0) is 7.05 Å². The molecule has 1 N–H and O–H groups in total. The zero-order valence-corrected chi connectivity index (χ0v) is 20.6. The van der Waals surface area contributed by atoms with Crippen molar-refractivity contribution in [2.75, 3.05) is 26.5 Å². The average molecular weight is 474 g/mol. The number of amides is 1. The van der Waals surface area contributed by atoms with Crippen molar-refractivity contribution in [1.82, 2.24) is 29.4 Å². The SMILES string of the molecule is CNc1cc2c(cn1)c(-c1cnn(C)c1)nn2C1CCC(Oc2ccc(C(=O)N(C)C)cc2)CC1. The van der Waals surface area contributed by atoms with Crippen molar-refractivity contribution in [2.45, 2.75) is 37.8 Å². The van der Waals surface area contributed by atoms with Gasteiger partial charge in [0.2, 0.25) is 0 Å². The quantitative estimate of drug-likeness (QED) is 0.453. The fraction of sp³-hybridized carbons (Fsp3) is 0.385. The summed E-state index contributed by atoms with van der Waals surface area (Å²) in [6.07, 6.45) is 9.71. The second kappa shape index (κ2) is 9.40. The molecule has 182 valence electrons. The number of nitrogens with one attached hydrogen (secondary N) is 1. The normalized spacial score (nSPS) is 17.9. The first-order chi connectivity index (χ1) is 16.9. The lowest BCUT2D eigenvalue weighted by molar-refractivity contribution is 0.0827. The minimum Gasteiger partial charge on any atom is -0.490 e. The number of rotatable bonds is 6. The van der Waals surface area contributed by atoms with Crippen LogP contribution in [0.5, 0.6) is 5.75 Å². The van der Waals surface area contributed by atoms with E-state index < -0.39 is 0 Å². The van der Waals surface area contributed by atoms with Crippen molar-refractivity contribution in [3.05, 3.63) is 54.5 Å². The van der Waals surface area contributed by atoms with Gasteiger partial charge in [-0.3, -0.25) is 14.2 Å². The van der Waals surface area contributed by atoms with E-state index in [2.05, 4.69) is 26.1 Å². The average Bonchev–Trinajstić information content (AvgIpc) is 3.47. The molecule has 5 rings (SSSR count). The highest BCUT2D eigenvalue weighted by Crippen LogP contribution is 2.36. The summed E-state index contributed by atoms with van der Waals surface area (Å²) in [7, 11) is 7.30. The van der Waals surface area contributed by atoms with Crippen molar-refractivity contribution < 1.29 is 9.53 Å². The van der Waals surface area contributed by atoms with Gasteiger partial charge in [0.05, 0.1) is 23.9 Å². The van der Waals surface area contributed by atoms with E-state index in [0.717, 1.165) is 59.4 Å². The lowest BCUT2D eigenvalue weighted by Crippen LogP contribution is -2.26. The van der Waals surface area contributed by atoms with Crippen LogP contribution in [0, 0.1) is 0 Å². The van der Waals surface area contributed by atoms with Crippen molar-refractivity contribution in [1.29, 1.82) is 0 Å². The third-order valence-electron chi connectivity index (χ3n) is 6.63. The Hall–Kier alpha value is -3.88. The van der Waals surface area contributed by atoms with Crippen LogP contribution in [0.1, 0.15) is 42.1 Å². The van der Waals surface area contributed by atoms with Gasteiger partial charge < -0.3 is 15.0 Å². The molecule has 9 heteroatoms. The Morgan fingerprint density at radius 2 is 1.86 bits per heavy atom. The Bertz CT molecular complexity index is 1330. The van der Waals surface area contributed by atoms with Crippen LogP contribution in [0.15, 0.2) is 48.9 Å². The first-order valence-electron chi connectivity index (χ1n) is 12.0. The molecule has 0 saturated heterocycles. The van der Waals surface area contributed by atoms with Crippen molar-refractivity contribution in [2.24, 2.45) is 7.05 Å². The second-order valence-electron chi connectivity index (χ2n) is 9.30. The molecule has 0 spiro atoms. The smallest absolute Gasteiger partial charge is 0.253 e. The molecule has 1 aliphatic carbocycles. The van der Waals surface area contributed by atoms with Crippen molar-refractivity contribution >= 4 is 22.6 Å². The number of benzene rings is 1. The van der Waals surface area contributed by atoms with Gasteiger partial charge in [0.25, 0.3) is 5.91 Å². The Labute approximate surface area is 204 Å². The molecule has 1 saturated carbocycles. The molecule has 3 heterocycles. The molecule has 0 radical (unpaired) electrons. The van der Waals surface area contributed by atoms with E-state index in [1.165, 1.54) is 0 Å². The minimum absolute atomic E-state index is 0.00853. The largest absolute Gasteiger partial charge is 0.490 e. The summed E-state index contributed by atoms with van der Waals surface area (Å²) in [5.74, 6) is 1.62. The number of aromatic nitrogens is 5. The molecule has 1 aliphatic rings. The number of aryl methyl sites for hydroxylation is 1. The summed E-state index contributed by atoms with van der Waals surface area (Å²) in [5, 5.41) is 13.5. The number of hydrogen-bond donors (Lipinski definition) is 1. The molecular weight excluding hydrogens is 442 g/mol. The van der Waals surface area contributed by atoms with Gasteiger partial charge in [-0.2, -0.15) is 10.2 Å². The Kier molecular flexibility index (Phi) is 6.15. The first kappa shape index (κ1) is 22.9. The minimum atomic E-state index is -0.00853. The van der Waals surface area contributed by atoms with Gasteiger partial charge >= 0.3 is 0 Å². The van der Waals surface area contributed by atoms with E-state index in [0.29, 0.717) is 5.56 Å². The maximum absolute atomic E-state index is 12.1. The molecule has 1 amide bonds. The highest BCUT2D eigenvalue weighted by Gasteiger charge is 2.27. The molecule has 1 aromatic carbocycles. The van der Waals surface area contributed by atoms with Crippen LogP contribution in [0.25, 0.3) is 22.2 Å². The number of fused-ring (bicyclic) bond motifs is 1. The Morgan fingerprint density at radius 1 is 1.11 bits per heavy atom. The van der Waals surface area contributed by atoms with E-state index in [1.54, 1.807) is 23.7 Å². The van der Waals surface area contributed by atoms with E-state index >= 15 is 0 Å². The number of carbonyl (C=O) groups excluding carboxylic acids is 1. The summed E-state index contributed by atoms with van der Waals surface area (Å²) in [6.45, 7) is 0. The molecule has 3 aromatic heterocycles. The van der Waals surface area contributed by atoms with E-state index in [9.17, 15) is 4.79 Å². The highest BCUT2D eigenvalue weighted by atomic mass is 16.5. The summed E-state index contributed by atoms with van der Waals surface area (Å²) in [4.78, 5) is 18.2. The van der Waals surface area contributed by atoms with Gasteiger partial charge in [-0.05, 0) is 49.9 Å². The molecule has 1 fully saturated rings. The Balaban J connectivity index is 1.32. The number of carbonyl (C=O) groups is 1.